The summed E-state index contributed by atoms with van der Waals surface area (Å²) >= 11 is 0. The molecule has 0 aliphatic carbocycles. The highest BCUT2D eigenvalue weighted by molar-refractivity contribution is 5.79. The van der Waals surface area contributed by atoms with Gasteiger partial charge in [-0.05, 0) is 25.5 Å². The van der Waals surface area contributed by atoms with Gasteiger partial charge in [0.15, 0.2) is 12.7 Å². The average Bonchev–Trinajstić information content (AvgIpc) is 2.46. The zero-order valence-corrected chi connectivity index (χ0v) is 11.4. The van der Waals surface area contributed by atoms with Crippen molar-refractivity contribution in [1.82, 2.24) is 0 Å². The molecule has 0 atom stereocenters. The Balaban J connectivity index is 2.16. The first-order chi connectivity index (χ1) is 9.25. The van der Waals surface area contributed by atoms with E-state index in [1.165, 1.54) is 27.6 Å². The molecular formula is C18H18N+. The van der Waals surface area contributed by atoms with E-state index in [1.54, 1.807) is 0 Å². The molecule has 0 unspecified atom stereocenters. The van der Waals surface area contributed by atoms with Gasteiger partial charge in [-0.3, -0.25) is 0 Å². The molecule has 0 saturated heterocycles. The smallest absolute Gasteiger partial charge is 0.194 e. The van der Waals surface area contributed by atoms with Crippen LogP contribution in [0.1, 0.15) is 16.7 Å². The van der Waals surface area contributed by atoms with Gasteiger partial charge in [-0.1, -0.05) is 42.5 Å². The van der Waals surface area contributed by atoms with Crippen LogP contribution in [0.4, 0.5) is 0 Å². The number of fused-ring (bicyclic) bond motifs is 1. The Morgan fingerprint density at radius 1 is 0.842 bits per heavy atom. The minimum Gasteiger partial charge on any atom is -0.194 e. The molecule has 0 fully saturated rings. The number of hydrogen-bond acceptors (Lipinski definition) is 0. The summed E-state index contributed by atoms with van der Waals surface area (Å²) in [5.41, 5.74) is 5.35. The lowest BCUT2D eigenvalue weighted by Gasteiger charge is -2.07. The third-order valence-corrected chi connectivity index (χ3v) is 3.75. The van der Waals surface area contributed by atoms with Crippen molar-refractivity contribution in [3.63, 3.8) is 0 Å². The van der Waals surface area contributed by atoms with E-state index in [-0.39, 0.29) is 0 Å². The lowest BCUT2D eigenvalue weighted by molar-refractivity contribution is -0.662. The molecule has 0 aliphatic rings. The van der Waals surface area contributed by atoms with Crippen LogP contribution in [0, 0.1) is 13.8 Å². The van der Waals surface area contributed by atoms with Crippen LogP contribution in [-0.4, -0.2) is 0 Å². The van der Waals surface area contributed by atoms with Gasteiger partial charge in [0.25, 0.3) is 0 Å². The van der Waals surface area contributed by atoms with Crippen molar-refractivity contribution in [2.24, 2.45) is 0 Å². The zero-order valence-electron chi connectivity index (χ0n) is 11.4. The van der Waals surface area contributed by atoms with Crippen LogP contribution in [0.15, 0.2) is 60.8 Å². The van der Waals surface area contributed by atoms with Crippen molar-refractivity contribution >= 4 is 10.9 Å². The molecule has 3 aromatic rings. The normalized spacial score (nSPS) is 10.8. The van der Waals surface area contributed by atoms with Crippen molar-refractivity contribution in [2.45, 2.75) is 20.4 Å². The number of benzene rings is 2. The highest BCUT2D eigenvalue weighted by Crippen LogP contribution is 2.18. The maximum atomic E-state index is 2.34. The van der Waals surface area contributed by atoms with Gasteiger partial charge in [0.05, 0.1) is 0 Å². The summed E-state index contributed by atoms with van der Waals surface area (Å²) in [4.78, 5) is 0. The number of aryl methyl sites for hydroxylation is 2. The van der Waals surface area contributed by atoms with E-state index in [4.69, 9.17) is 0 Å². The topological polar surface area (TPSA) is 3.88 Å². The van der Waals surface area contributed by atoms with Gasteiger partial charge < -0.3 is 0 Å². The van der Waals surface area contributed by atoms with Crippen LogP contribution in [-0.2, 0) is 6.54 Å². The molecule has 1 nitrogen and oxygen atoms in total. The van der Waals surface area contributed by atoms with E-state index in [0.29, 0.717) is 0 Å². The summed E-state index contributed by atoms with van der Waals surface area (Å²) in [5.74, 6) is 0. The van der Waals surface area contributed by atoms with Crippen molar-refractivity contribution in [2.75, 3.05) is 0 Å². The number of pyridine rings is 1. The van der Waals surface area contributed by atoms with Crippen LogP contribution in [0.5, 0.6) is 0 Å². The molecule has 94 valence electrons. The fourth-order valence-corrected chi connectivity index (χ4v) is 2.56. The molecule has 3 rings (SSSR count). The van der Waals surface area contributed by atoms with Crippen LogP contribution >= 0.6 is 0 Å². The predicted octanol–water partition coefficient (Wildman–Crippen LogP) is 3.79. The molecule has 0 saturated carbocycles. The minimum absolute atomic E-state index is 0.919. The second-order valence-electron chi connectivity index (χ2n) is 5.07. The Labute approximate surface area is 114 Å². The SMILES string of the molecule is Cc1c[n+](Cc2ccccc2)c2ccccc2c1C. The maximum absolute atomic E-state index is 2.34. The molecule has 0 spiro atoms. The van der Waals surface area contributed by atoms with E-state index in [0.717, 1.165) is 6.54 Å². The molecule has 0 bridgehead atoms. The monoisotopic (exact) mass is 248 g/mol. The quantitative estimate of drug-likeness (QED) is 0.607. The van der Waals surface area contributed by atoms with Gasteiger partial charge in [0, 0.05) is 22.6 Å². The number of nitrogens with zero attached hydrogens (tertiary/aromatic N) is 1. The van der Waals surface area contributed by atoms with Gasteiger partial charge in [-0.2, -0.15) is 4.57 Å². The average molecular weight is 248 g/mol. The molecule has 1 heteroatoms. The highest BCUT2D eigenvalue weighted by Gasteiger charge is 2.13. The number of para-hydroxylation sites is 1. The van der Waals surface area contributed by atoms with Gasteiger partial charge in [0.1, 0.15) is 0 Å². The maximum Gasteiger partial charge on any atom is 0.213 e. The Morgan fingerprint density at radius 3 is 2.32 bits per heavy atom. The van der Waals surface area contributed by atoms with Gasteiger partial charge in [-0.25, -0.2) is 0 Å². The second-order valence-corrected chi connectivity index (χ2v) is 5.07. The van der Waals surface area contributed by atoms with Crippen molar-refractivity contribution < 1.29 is 4.57 Å². The molecule has 0 N–H and O–H groups in total. The van der Waals surface area contributed by atoms with E-state index < -0.39 is 0 Å². The lowest BCUT2D eigenvalue weighted by atomic mass is 10.1. The summed E-state index contributed by atoms with van der Waals surface area (Å²) in [5, 5.41) is 1.35. The molecule has 0 amide bonds. The first-order valence-corrected chi connectivity index (χ1v) is 6.68. The first-order valence-electron chi connectivity index (χ1n) is 6.68. The fraction of sp³-hybridized carbons (Fsp3) is 0.167. The zero-order chi connectivity index (χ0) is 13.2. The summed E-state index contributed by atoms with van der Waals surface area (Å²) in [6.07, 6.45) is 2.25. The van der Waals surface area contributed by atoms with Crippen molar-refractivity contribution in [1.29, 1.82) is 0 Å². The molecule has 1 aromatic heterocycles. The molecule has 19 heavy (non-hydrogen) atoms. The van der Waals surface area contributed by atoms with Gasteiger partial charge in [-0.15, -0.1) is 0 Å². The van der Waals surface area contributed by atoms with E-state index in [9.17, 15) is 0 Å². The predicted molar refractivity (Wildman–Crippen MR) is 79.2 cm³/mol. The van der Waals surface area contributed by atoms with Crippen LogP contribution in [0.25, 0.3) is 10.9 Å². The number of hydrogen-bond donors (Lipinski definition) is 0. The first kappa shape index (κ1) is 11.9. The molecular weight excluding hydrogens is 230 g/mol. The Bertz CT molecular complexity index is 714. The fourth-order valence-electron chi connectivity index (χ4n) is 2.56. The van der Waals surface area contributed by atoms with Crippen molar-refractivity contribution in [3.8, 4) is 0 Å². The van der Waals surface area contributed by atoms with Crippen LogP contribution in [0.3, 0.4) is 0 Å². The van der Waals surface area contributed by atoms with E-state index in [1.807, 2.05) is 0 Å². The highest BCUT2D eigenvalue weighted by atomic mass is 14.9. The van der Waals surface area contributed by atoms with E-state index in [2.05, 4.69) is 79.2 Å². The summed E-state index contributed by atoms with van der Waals surface area (Å²) in [7, 11) is 0. The molecule has 0 aliphatic heterocycles. The Morgan fingerprint density at radius 2 is 1.53 bits per heavy atom. The third-order valence-electron chi connectivity index (χ3n) is 3.75. The lowest BCUT2D eigenvalue weighted by Crippen LogP contribution is -2.35. The third kappa shape index (κ3) is 2.24. The molecule has 1 heterocycles. The van der Waals surface area contributed by atoms with Gasteiger partial charge >= 0.3 is 0 Å². The van der Waals surface area contributed by atoms with Crippen molar-refractivity contribution in [3.05, 3.63) is 77.5 Å². The van der Waals surface area contributed by atoms with E-state index >= 15 is 0 Å². The summed E-state index contributed by atoms with van der Waals surface area (Å²) < 4.78 is 2.34. The van der Waals surface area contributed by atoms with Crippen LogP contribution in [0.2, 0.25) is 0 Å². The Hall–Kier alpha value is -2.15. The molecule has 2 aromatic carbocycles. The minimum atomic E-state index is 0.919. The number of rotatable bonds is 2. The number of aromatic nitrogens is 1. The largest absolute Gasteiger partial charge is 0.213 e. The second kappa shape index (κ2) is 4.85. The summed E-state index contributed by atoms with van der Waals surface area (Å²) in [6, 6.07) is 19.2. The van der Waals surface area contributed by atoms with Crippen LogP contribution < -0.4 is 4.57 Å². The standard InChI is InChI=1S/C18H18N/c1-14-12-19(13-16-8-4-3-5-9-16)18-11-7-6-10-17(18)15(14)2/h3-12H,13H2,1-2H3/q+1. The summed E-state index contributed by atoms with van der Waals surface area (Å²) in [6.45, 7) is 5.30. The Kier molecular flexibility index (Phi) is 3.04. The molecule has 0 radical (unpaired) electrons. The van der Waals surface area contributed by atoms with Gasteiger partial charge in [0.2, 0.25) is 5.52 Å².